The number of nitrogens with one attached hydrogen (secondary N) is 2. The second-order valence-corrected chi connectivity index (χ2v) is 6.09. The van der Waals surface area contributed by atoms with Gasteiger partial charge in [0.2, 0.25) is 5.91 Å². The Kier molecular flexibility index (Phi) is 5.38. The van der Waals surface area contributed by atoms with Crippen molar-refractivity contribution in [3.8, 4) is 0 Å². The number of rotatable bonds is 7. The quantitative estimate of drug-likeness (QED) is 0.599. The lowest BCUT2D eigenvalue weighted by Crippen LogP contribution is -2.33. The molecule has 7 nitrogen and oxygen atoms in total. The highest BCUT2D eigenvalue weighted by Gasteiger charge is 2.18. The molecule has 8 heteroatoms. The maximum absolute atomic E-state index is 12.2. The van der Waals surface area contributed by atoms with Gasteiger partial charge in [-0.2, -0.15) is 10.3 Å². The second-order valence-electron chi connectivity index (χ2n) is 4.97. The van der Waals surface area contributed by atoms with Crippen molar-refractivity contribution in [1.29, 1.82) is 0 Å². The van der Waals surface area contributed by atoms with Crippen LogP contribution in [0.15, 0.2) is 23.6 Å². The number of imidazole rings is 1. The van der Waals surface area contributed by atoms with Gasteiger partial charge in [0, 0.05) is 30.6 Å². The van der Waals surface area contributed by atoms with Crippen LogP contribution in [0.4, 0.5) is 0 Å². The van der Waals surface area contributed by atoms with Crippen LogP contribution >= 0.6 is 11.8 Å². The summed E-state index contributed by atoms with van der Waals surface area (Å²) in [7, 11) is 0. The molecule has 0 aliphatic rings. The van der Waals surface area contributed by atoms with Gasteiger partial charge in [-0.05, 0) is 6.92 Å². The summed E-state index contributed by atoms with van der Waals surface area (Å²) in [6.07, 6.45) is 5.25. The van der Waals surface area contributed by atoms with Crippen LogP contribution < -0.4 is 5.32 Å². The van der Waals surface area contributed by atoms with Crippen LogP contribution in [-0.4, -0.2) is 43.2 Å². The molecular weight excluding hydrogens is 288 g/mol. The van der Waals surface area contributed by atoms with Crippen molar-refractivity contribution in [3.05, 3.63) is 24.4 Å². The lowest BCUT2D eigenvalue weighted by Gasteiger charge is -2.17. The molecule has 2 rings (SSSR count). The van der Waals surface area contributed by atoms with Crippen molar-refractivity contribution in [2.24, 2.45) is 0 Å². The van der Waals surface area contributed by atoms with Crippen molar-refractivity contribution in [2.45, 2.75) is 37.8 Å². The van der Waals surface area contributed by atoms with Gasteiger partial charge in [-0.15, -0.1) is 16.9 Å². The van der Waals surface area contributed by atoms with E-state index >= 15 is 0 Å². The van der Waals surface area contributed by atoms with Crippen molar-refractivity contribution in [3.63, 3.8) is 0 Å². The predicted octanol–water partition coefficient (Wildman–Crippen LogP) is 1.59. The molecule has 0 fully saturated rings. The average molecular weight is 308 g/mol. The zero-order valence-electron chi connectivity index (χ0n) is 12.4. The van der Waals surface area contributed by atoms with Crippen molar-refractivity contribution in [1.82, 2.24) is 30.3 Å². The lowest BCUT2D eigenvalue weighted by molar-refractivity contribution is -0.123. The van der Waals surface area contributed by atoms with Gasteiger partial charge in [0.05, 0.1) is 6.20 Å². The van der Waals surface area contributed by atoms with Crippen LogP contribution in [0.25, 0.3) is 0 Å². The average Bonchev–Trinajstić information content (AvgIpc) is 3.13. The summed E-state index contributed by atoms with van der Waals surface area (Å²) in [4.78, 5) is 16.5. The zero-order valence-corrected chi connectivity index (χ0v) is 13.2. The predicted molar refractivity (Wildman–Crippen MR) is 81.1 cm³/mol. The van der Waals surface area contributed by atoms with E-state index in [1.807, 2.05) is 17.7 Å². The molecule has 0 saturated heterocycles. The minimum Gasteiger partial charge on any atom is -0.353 e. The number of H-pyrrole nitrogens is 1. The van der Waals surface area contributed by atoms with E-state index < -0.39 is 0 Å². The van der Waals surface area contributed by atoms with Crippen LogP contribution in [0, 0.1) is 0 Å². The van der Waals surface area contributed by atoms with Gasteiger partial charge in [-0.3, -0.25) is 4.79 Å². The molecule has 0 saturated carbocycles. The van der Waals surface area contributed by atoms with E-state index in [9.17, 15) is 4.79 Å². The molecule has 2 heterocycles. The zero-order chi connectivity index (χ0) is 15.2. The molecule has 0 radical (unpaired) electrons. The largest absolute Gasteiger partial charge is 0.353 e. The lowest BCUT2D eigenvalue weighted by atomic mass is 10.2. The fourth-order valence-corrected chi connectivity index (χ4v) is 2.61. The summed E-state index contributed by atoms with van der Waals surface area (Å²) in [5.74, 6) is 1.97. The summed E-state index contributed by atoms with van der Waals surface area (Å²) in [6.45, 7) is 6.61. The molecule has 0 unspecified atom stereocenters. The van der Waals surface area contributed by atoms with E-state index in [4.69, 9.17) is 0 Å². The van der Waals surface area contributed by atoms with Crippen molar-refractivity contribution < 1.29 is 4.79 Å². The first kappa shape index (κ1) is 15.6. The SMILES string of the molecule is CC(C)c1nccn1[C@H](C)C(=O)NCCSc1cn[nH]n1. The third kappa shape index (κ3) is 4.07. The second kappa shape index (κ2) is 7.26. The molecule has 1 atom stereocenters. The molecule has 1 amide bonds. The molecule has 21 heavy (non-hydrogen) atoms. The Balaban J connectivity index is 1.81. The fraction of sp³-hybridized carbons (Fsp3) is 0.538. The molecule has 2 aromatic heterocycles. The van der Waals surface area contributed by atoms with Crippen LogP contribution in [0.3, 0.4) is 0 Å². The maximum atomic E-state index is 12.2. The van der Waals surface area contributed by atoms with Gasteiger partial charge in [0.25, 0.3) is 0 Å². The number of carbonyl (C=O) groups excluding carboxylic acids is 1. The Hall–Kier alpha value is -1.83. The Morgan fingerprint density at radius 2 is 2.29 bits per heavy atom. The topological polar surface area (TPSA) is 88.5 Å². The van der Waals surface area contributed by atoms with Gasteiger partial charge >= 0.3 is 0 Å². The van der Waals surface area contributed by atoms with Crippen molar-refractivity contribution in [2.75, 3.05) is 12.3 Å². The van der Waals surface area contributed by atoms with Crippen LogP contribution in [-0.2, 0) is 4.79 Å². The standard InChI is InChI=1S/C13H20N6OS/c1-9(2)12-14-4-6-19(12)10(3)13(20)15-5-7-21-11-8-16-18-17-11/h4,6,8-10H,5,7H2,1-3H3,(H,15,20)(H,16,17,18)/t10-/m1/s1. The smallest absolute Gasteiger partial charge is 0.242 e. The first-order valence-corrected chi connectivity index (χ1v) is 7.87. The maximum Gasteiger partial charge on any atom is 0.242 e. The van der Waals surface area contributed by atoms with E-state index in [2.05, 4.69) is 39.6 Å². The summed E-state index contributed by atoms with van der Waals surface area (Å²) < 4.78 is 1.92. The number of hydrogen-bond acceptors (Lipinski definition) is 5. The Morgan fingerprint density at radius 3 is 2.95 bits per heavy atom. The molecule has 0 aliphatic heterocycles. The normalized spacial score (nSPS) is 12.6. The number of hydrogen-bond donors (Lipinski definition) is 2. The summed E-state index contributed by atoms with van der Waals surface area (Å²) in [5.41, 5.74) is 0. The van der Waals surface area contributed by atoms with E-state index in [-0.39, 0.29) is 17.9 Å². The minimum atomic E-state index is -0.262. The van der Waals surface area contributed by atoms with Crippen LogP contribution in [0.1, 0.15) is 38.6 Å². The number of nitrogens with zero attached hydrogens (tertiary/aromatic N) is 4. The van der Waals surface area contributed by atoms with Gasteiger partial charge in [-0.25, -0.2) is 4.98 Å². The Morgan fingerprint density at radius 1 is 1.48 bits per heavy atom. The van der Waals surface area contributed by atoms with E-state index in [0.29, 0.717) is 6.54 Å². The molecule has 0 aliphatic carbocycles. The Labute approximate surface area is 127 Å². The Bertz CT molecular complexity index is 565. The first-order chi connectivity index (χ1) is 10.1. The molecular formula is C13H20N6OS. The van der Waals surface area contributed by atoms with E-state index in [1.165, 1.54) is 0 Å². The van der Waals surface area contributed by atoms with Crippen molar-refractivity contribution >= 4 is 17.7 Å². The fourth-order valence-electron chi connectivity index (χ4n) is 1.96. The summed E-state index contributed by atoms with van der Waals surface area (Å²) in [5, 5.41) is 14.0. The number of aromatic amines is 1. The highest BCUT2D eigenvalue weighted by molar-refractivity contribution is 7.99. The highest BCUT2D eigenvalue weighted by Crippen LogP contribution is 2.17. The molecule has 0 bridgehead atoms. The van der Waals surface area contributed by atoms with Gasteiger partial charge in [0.15, 0.2) is 0 Å². The van der Waals surface area contributed by atoms with E-state index in [0.717, 1.165) is 16.6 Å². The minimum absolute atomic E-state index is 0.00403. The molecule has 0 aromatic carbocycles. The molecule has 114 valence electrons. The first-order valence-electron chi connectivity index (χ1n) is 6.88. The molecule has 2 aromatic rings. The van der Waals surface area contributed by atoms with E-state index in [1.54, 1.807) is 24.2 Å². The third-order valence-corrected chi connectivity index (χ3v) is 3.96. The van der Waals surface area contributed by atoms with Gasteiger partial charge in [0.1, 0.15) is 16.9 Å². The monoisotopic (exact) mass is 308 g/mol. The number of amides is 1. The van der Waals surface area contributed by atoms with Gasteiger partial charge in [-0.1, -0.05) is 13.8 Å². The summed E-state index contributed by atoms with van der Waals surface area (Å²) >= 11 is 1.55. The molecule has 0 spiro atoms. The number of thioether (sulfide) groups is 1. The van der Waals surface area contributed by atoms with Crippen LogP contribution in [0.2, 0.25) is 0 Å². The highest BCUT2D eigenvalue weighted by atomic mass is 32.2. The molecule has 2 N–H and O–H groups in total. The van der Waals surface area contributed by atoms with Gasteiger partial charge < -0.3 is 9.88 Å². The van der Waals surface area contributed by atoms with Crippen LogP contribution in [0.5, 0.6) is 0 Å². The summed E-state index contributed by atoms with van der Waals surface area (Å²) in [6, 6.07) is -0.262. The number of aromatic nitrogens is 5. The third-order valence-electron chi connectivity index (χ3n) is 3.06. The number of carbonyl (C=O) groups is 1.